The third-order valence-electron chi connectivity index (χ3n) is 2.84. The lowest BCUT2D eigenvalue weighted by atomic mass is 10.2. The number of carbonyl (C=O) groups is 1. The van der Waals surface area contributed by atoms with Crippen LogP contribution in [0.1, 0.15) is 29.6 Å². The van der Waals surface area contributed by atoms with Crippen LogP contribution in [0.3, 0.4) is 0 Å². The van der Waals surface area contributed by atoms with Crippen molar-refractivity contribution in [2.75, 3.05) is 20.3 Å². The van der Waals surface area contributed by atoms with Gasteiger partial charge in [-0.2, -0.15) is 0 Å². The number of carboxylic acids is 1. The summed E-state index contributed by atoms with van der Waals surface area (Å²) in [6.45, 7) is 0.309. The number of aromatic carboxylic acids is 1. The van der Waals surface area contributed by atoms with E-state index in [2.05, 4.69) is 4.72 Å². The van der Waals surface area contributed by atoms with Crippen LogP contribution < -0.4 is 9.46 Å². The monoisotopic (exact) mass is 317 g/mol. The van der Waals surface area contributed by atoms with Gasteiger partial charge in [-0.1, -0.05) is 0 Å². The molecule has 0 heterocycles. The first-order valence-electron chi connectivity index (χ1n) is 6.44. The van der Waals surface area contributed by atoms with Crippen LogP contribution in [0.4, 0.5) is 0 Å². The lowest BCUT2D eigenvalue weighted by Gasteiger charge is -2.09. The Morgan fingerprint density at radius 1 is 1.29 bits per heavy atom. The highest BCUT2D eigenvalue weighted by atomic mass is 32.2. The van der Waals surface area contributed by atoms with Crippen LogP contribution >= 0.6 is 0 Å². The van der Waals surface area contributed by atoms with Gasteiger partial charge in [-0.05, 0) is 37.5 Å². The first-order valence-corrected chi connectivity index (χ1v) is 7.92. The highest BCUT2D eigenvalue weighted by molar-refractivity contribution is 7.89. The van der Waals surface area contributed by atoms with Crippen molar-refractivity contribution in [2.24, 2.45) is 0 Å². The summed E-state index contributed by atoms with van der Waals surface area (Å²) in [6.07, 6.45) is 1.93. The summed E-state index contributed by atoms with van der Waals surface area (Å²) in [7, 11) is -2.45. The number of hydrogen-bond acceptors (Lipinski definition) is 5. The van der Waals surface area contributed by atoms with Crippen LogP contribution in [0, 0.1) is 0 Å². The summed E-state index contributed by atoms with van der Waals surface area (Å²) in [5.74, 6) is -1.16. The molecule has 0 amide bonds. The number of methoxy groups -OCH3 is 1. The van der Waals surface area contributed by atoms with Gasteiger partial charge in [-0.15, -0.1) is 0 Å². The molecular weight excluding hydrogens is 298 g/mol. The average Bonchev–Trinajstić information content (AvgIpc) is 2.46. The van der Waals surface area contributed by atoms with E-state index in [9.17, 15) is 13.2 Å². The predicted molar refractivity (Wildman–Crippen MR) is 76.1 cm³/mol. The van der Waals surface area contributed by atoms with Crippen LogP contribution in [0.25, 0.3) is 0 Å². The Balaban J connectivity index is 2.83. The minimum absolute atomic E-state index is 0.0766. The molecule has 1 aromatic carbocycles. The second-order valence-corrected chi connectivity index (χ2v) is 6.12. The van der Waals surface area contributed by atoms with E-state index in [0.717, 1.165) is 6.07 Å². The van der Waals surface area contributed by atoms with Crippen molar-refractivity contribution in [1.29, 1.82) is 0 Å². The molecule has 0 spiro atoms. The molecule has 1 aromatic rings. The van der Waals surface area contributed by atoms with Gasteiger partial charge in [-0.25, -0.2) is 17.9 Å². The third-order valence-corrected chi connectivity index (χ3v) is 4.30. The summed E-state index contributed by atoms with van der Waals surface area (Å²) in [4.78, 5) is 11.0. The number of hydrogen-bond donors (Lipinski definition) is 3. The first kappa shape index (κ1) is 17.4. The Morgan fingerprint density at radius 2 is 2.00 bits per heavy atom. The second kappa shape index (κ2) is 7.96. The van der Waals surface area contributed by atoms with Crippen LogP contribution in [-0.2, 0) is 10.0 Å². The van der Waals surface area contributed by atoms with E-state index >= 15 is 0 Å². The van der Waals surface area contributed by atoms with Gasteiger partial charge in [-0.3, -0.25) is 0 Å². The van der Waals surface area contributed by atoms with E-state index in [1.54, 1.807) is 0 Å². The van der Waals surface area contributed by atoms with Crippen LogP contribution in [-0.4, -0.2) is 44.9 Å². The van der Waals surface area contributed by atoms with Crippen molar-refractivity contribution >= 4 is 16.0 Å². The average molecular weight is 317 g/mol. The van der Waals surface area contributed by atoms with Gasteiger partial charge < -0.3 is 14.9 Å². The molecule has 118 valence electrons. The zero-order valence-electron chi connectivity index (χ0n) is 11.7. The maximum absolute atomic E-state index is 12.0. The van der Waals surface area contributed by atoms with Gasteiger partial charge in [0.25, 0.3) is 0 Å². The van der Waals surface area contributed by atoms with E-state index in [0.29, 0.717) is 19.3 Å². The van der Waals surface area contributed by atoms with E-state index in [1.807, 2.05) is 0 Å². The standard InChI is InChI=1S/C13H19NO6S/c1-20-12-6-5-10(9-11(12)13(16)17)21(18,19)14-7-3-2-4-8-15/h5-6,9,14-15H,2-4,7-8H2,1H3,(H,16,17). The number of aliphatic hydroxyl groups is 1. The predicted octanol–water partition coefficient (Wildman–Crippen LogP) is 0.834. The molecule has 21 heavy (non-hydrogen) atoms. The van der Waals surface area contributed by atoms with Gasteiger partial charge in [0, 0.05) is 13.2 Å². The van der Waals surface area contributed by atoms with Crippen molar-refractivity contribution in [3.63, 3.8) is 0 Å². The molecule has 0 saturated carbocycles. The number of aliphatic hydroxyl groups excluding tert-OH is 1. The molecule has 0 saturated heterocycles. The number of nitrogens with one attached hydrogen (secondary N) is 1. The normalized spacial score (nSPS) is 11.3. The van der Waals surface area contributed by atoms with Gasteiger partial charge in [0.1, 0.15) is 11.3 Å². The van der Waals surface area contributed by atoms with Gasteiger partial charge in [0.15, 0.2) is 0 Å². The van der Waals surface area contributed by atoms with Crippen molar-refractivity contribution in [1.82, 2.24) is 4.72 Å². The maximum Gasteiger partial charge on any atom is 0.339 e. The lowest BCUT2D eigenvalue weighted by molar-refractivity contribution is 0.0693. The fourth-order valence-corrected chi connectivity index (χ4v) is 2.82. The number of rotatable bonds is 9. The molecule has 1 rings (SSSR count). The number of unbranched alkanes of at least 4 members (excludes halogenated alkanes) is 2. The topological polar surface area (TPSA) is 113 Å². The van der Waals surface area contributed by atoms with Crippen molar-refractivity contribution in [3.8, 4) is 5.75 Å². The van der Waals surface area contributed by atoms with Gasteiger partial charge in [0.2, 0.25) is 10.0 Å². The number of carboxylic acid groups (broad SMARTS) is 1. The zero-order chi connectivity index (χ0) is 15.9. The third kappa shape index (κ3) is 5.00. The minimum Gasteiger partial charge on any atom is -0.496 e. The molecule has 0 bridgehead atoms. The molecule has 0 unspecified atom stereocenters. The Hall–Kier alpha value is -1.64. The Morgan fingerprint density at radius 3 is 2.57 bits per heavy atom. The lowest BCUT2D eigenvalue weighted by Crippen LogP contribution is -2.25. The summed E-state index contributed by atoms with van der Waals surface area (Å²) in [5.41, 5.74) is -0.208. The summed E-state index contributed by atoms with van der Waals surface area (Å²) in [6, 6.07) is 3.67. The molecule has 8 heteroatoms. The Labute approximate surface area is 123 Å². The van der Waals surface area contributed by atoms with Crippen molar-refractivity contribution in [2.45, 2.75) is 24.2 Å². The number of ether oxygens (including phenoxy) is 1. The molecule has 0 fully saturated rings. The van der Waals surface area contributed by atoms with Crippen molar-refractivity contribution < 1.29 is 28.2 Å². The Kier molecular flexibility index (Phi) is 6.60. The molecule has 0 aliphatic carbocycles. The smallest absolute Gasteiger partial charge is 0.339 e. The highest BCUT2D eigenvalue weighted by Gasteiger charge is 2.18. The molecule has 0 radical (unpaired) electrons. The SMILES string of the molecule is COc1ccc(S(=O)(=O)NCCCCCO)cc1C(=O)O. The largest absolute Gasteiger partial charge is 0.496 e. The van der Waals surface area contributed by atoms with Crippen LogP contribution in [0.5, 0.6) is 5.75 Å². The van der Waals surface area contributed by atoms with Gasteiger partial charge in [0.05, 0.1) is 12.0 Å². The zero-order valence-corrected chi connectivity index (χ0v) is 12.5. The molecular formula is C13H19NO6S. The number of sulfonamides is 1. The fraction of sp³-hybridized carbons (Fsp3) is 0.462. The molecule has 0 aromatic heterocycles. The summed E-state index contributed by atoms with van der Waals surface area (Å²) >= 11 is 0. The molecule has 0 aliphatic rings. The van der Waals surface area contributed by atoms with Gasteiger partial charge >= 0.3 is 5.97 Å². The number of benzene rings is 1. The first-order chi connectivity index (χ1) is 9.92. The maximum atomic E-state index is 12.0. The minimum atomic E-state index is -3.76. The molecule has 7 nitrogen and oxygen atoms in total. The highest BCUT2D eigenvalue weighted by Crippen LogP contribution is 2.22. The van der Waals surface area contributed by atoms with Crippen LogP contribution in [0.15, 0.2) is 23.1 Å². The van der Waals surface area contributed by atoms with E-state index in [4.69, 9.17) is 14.9 Å². The quantitative estimate of drug-likeness (QED) is 0.582. The van der Waals surface area contributed by atoms with E-state index < -0.39 is 16.0 Å². The van der Waals surface area contributed by atoms with E-state index in [1.165, 1.54) is 19.2 Å². The molecule has 0 aliphatic heterocycles. The second-order valence-electron chi connectivity index (χ2n) is 4.35. The summed E-state index contributed by atoms with van der Waals surface area (Å²) < 4.78 is 31.4. The van der Waals surface area contributed by atoms with Crippen molar-refractivity contribution in [3.05, 3.63) is 23.8 Å². The summed E-state index contributed by atoms with van der Waals surface area (Å²) in [5, 5.41) is 17.7. The molecule has 0 atom stereocenters. The fourth-order valence-electron chi connectivity index (χ4n) is 1.72. The van der Waals surface area contributed by atoms with E-state index in [-0.39, 0.29) is 29.4 Å². The Bertz CT molecular complexity index is 584. The van der Waals surface area contributed by atoms with Crippen LogP contribution in [0.2, 0.25) is 0 Å². The molecule has 3 N–H and O–H groups in total.